The summed E-state index contributed by atoms with van der Waals surface area (Å²) in [4.78, 5) is 29.8. The van der Waals surface area contributed by atoms with Gasteiger partial charge in [-0.3, -0.25) is 18.8 Å². The van der Waals surface area contributed by atoms with Gasteiger partial charge in [-0.25, -0.2) is 4.98 Å². The second-order valence-corrected chi connectivity index (χ2v) is 6.75. The highest BCUT2D eigenvalue weighted by atomic mass is 16.2. The molecular formula is C19H21N5O2. The number of benzene rings is 1. The molecule has 134 valence electrons. The Hall–Kier alpha value is -2.96. The molecule has 1 aliphatic carbocycles. The van der Waals surface area contributed by atoms with Crippen LogP contribution in [-0.4, -0.2) is 25.2 Å². The number of para-hydroxylation sites is 1. The van der Waals surface area contributed by atoms with Crippen molar-refractivity contribution in [2.75, 3.05) is 0 Å². The van der Waals surface area contributed by atoms with Crippen LogP contribution in [0.1, 0.15) is 36.0 Å². The van der Waals surface area contributed by atoms with E-state index in [0.717, 1.165) is 24.8 Å². The van der Waals surface area contributed by atoms with Gasteiger partial charge in [0.05, 0.1) is 23.1 Å². The number of aryl methyl sites for hydroxylation is 2. The Morgan fingerprint density at radius 1 is 1.35 bits per heavy atom. The number of nitrogens with one attached hydrogen (secondary N) is 1. The fraction of sp³-hybridized carbons (Fsp3) is 0.368. The first kappa shape index (κ1) is 16.5. The monoisotopic (exact) mass is 351 g/mol. The Labute approximate surface area is 150 Å². The van der Waals surface area contributed by atoms with Crippen molar-refractivity contribution in [3.63, 3.8) is 0 Å². The molecule has 1 aliphatic rings. The first-order valence-electron chi connectivity index (χ1n) is 8.81. The molecule has 1 aromatic carbocycles. The van der Waals surface area contributed by atoms with Crippen LogP contribution in [0.25, 0.3) is 10.9 Å². The zero-order valence-electron chi connectivity index (χ0n) is 14.9. The van der Waals surface area contributed by atoms with Crippen LogP contribution in [0.5, 0.6) is 0 Å². The third kappa shape index (κ3) is 2.79. The molecule has 1 unspecified atom stereocenters. The number of amides is 1. The predicted molar refractivity (Wildman–Crippen MR) is 97.8 cm³/mol. The Balaban J connectivity index is 1.58. The SMILES string of the molecule is Cc1nc2ccccc2c(=O)n1CC(=O)NC1CCCc2c1cnn2C. The molecule has 3 aromatic rings. The van der Waals surface area contributed by atoms with Crippen molar-refractivity contribution in [2.45, 2.75) is 38.8 Å². The van der Waals surface area contributed by atoms with Crippen LogP contribution in [0.4, 0.5) is 0 Å². The zero-order valence-corrected chi connectivity index (χ0v) is 14.9. The third-order valence-electron chi connectivity index (χ3n) is 5.07. The number of carbonyl (C=O) groups excluding carboxylic acids is 1. The van der Waals surface area contributed by atoms with E-state index < -0.39 is 0 Å². The van der Waals surface area contributed by atoms with E-state index in [2.05, 4.69) is 15.4 Å². The van der Waals surface area contributed by atoms with Crippen molar-refractivity contribution in [3.05, 3.63) is 57.9 Å². The van der Waals surface area contributed by atoms with Crippen LogP contribution in [0.2, 0.25) is 0 Å². The first-order valence-corrected chi connectivity index (χ1v) is 8.81. The second kappa shape index (κ2) is 6.40. The van der Waals surface area contributed by atoms with Crippen LogP contribution >= 0.6 is 0 Å². The van der Waals surface area contributed by atoms with Gasteiger partial charge in [-0.15, -0.1) is 0 Å². The van der Waals surface area contributed by atoms with E-state index >= 15 is 0 Å². The van der Waals surface area contributed by atoms with Crippen LogP contribution in [0.15, 0.2) is 35.3 Å². The fourth-order valence-electron chi connectivity index (χ4n) is 3.70. The Kier molecular flexibility index (Phi) is 4.06. The summed E-state index contributed by atoms with van der Waals surface area (Å²) < 4.78 is 3.31. The minimum atomic E-state index is -0.186. The average Bonchev–Trinajstić information content (AvgIpc) is 3.01. The summed E-state index contributed by atoms with van der Waals surface area (Å²) >= 11 is 0. The maximum Gasteiger partial charge on any atom is 0.261 e. The Morgan fingerprint density at radius 2 is 2.15 bits per heavy atom. The van der Waals surface area contributed by atoms with Gasteiger partial charge >= 0.3 is 0 Å². The van der Waals surface area contributed by atoms with Gasteiger partial charge in [0, 0.05) is 18.3 Å². The number of nitrogens with zero attached hydrogens (tertiary/aromatic N) is 4. The number of hydrogen-bond donors (Lipinski definition) is 1. The molecule has 0 spiro atoms. The van der Waals surface area contributed by atoms with Crippen LogP contribution in [-0.2, 0) is 24.8 Å². The van der Waals surface area contributed by atoms with E-state index in [1.807, 2.05) is 24.0 Å². The quantitative estimate of drug-likeness (QED) is 0.778. The molecule has 0 fully saturated rings. The Morgan fingerprint density at radius 3 is 3.00 bits per heavy atom. The van der Waals surface area contributed by atoms with Gasteiger partial charge in [0.1, 0.15) is 12.4 Å². The van der Waals surface area contributed by atoms with E-state index in [-0.39, 0.29) is 24.1 Å². The molecule has 2 aromatic heterocycles. The highest BCUT2D eigenvalue weighted by molar-refractivity contribution is 5.79. The van der Waals surface area contributed by atoms with Gasteiger partial charge in [0.2, 0.25) is 5.91 Å². The molecule has 0 bridgehead atoms. The molecule has 4 rings (SSSR count). The number of fused-ring (bicyclic) bond motifs is 2. The molecule has 26 heavy (non-hydrogen) atoms. The maximum atomic E-state index is 12.7. The lowest BCUT2D eigenvalue weighted by Gasteiger charge is -2.24. The molecule has 7 nitrogen and oxygen atoms in total. The van der Waals surface area contributed by atoms with Gasteiger partial charge < -0.3 is 5.32 Å². The summed E-state index contributed by atoms with van der Waals surface area (Å²) in [5.41, 5.74) is 2.71. The Bertz CT molecular complexity index is 1050. The van der Waals surface area contributed by atoms with Crippen molar-refractivity contribution in [2.24, 2.45) is 7.05 Å². The number of aromatic nitrogens is 4. The molecule has 2 heterocycles. The first-order chi connectivity index (χ1) is 12.5. The summed E-state index contributed by atoms with van der Waals surface area (Å²) in [5, 5.41) is 7.89. The van der Waals surface area contributed by atoms with Gasteiger partial charge in [0.25, 0.3) is 5.56 Å². The fourth-order valence-corrected chi connectivity index (χ4v) is 3.70. The summed E-state index contributed by atoms with van der Waals surface area (Å²) in [7, 11) is 1.92. The second-order valence-electron chi connectivity index (χ2n) is 6.75. The largest absolute Gasteiger partial charge is 0.348 e. The van der Waals surface area contributed by atoms with Gasteiger partial charge in [0.15, 0.2) is 0 Å². The van der Waals surface area contributed by atoms with Gasteiger partial charge in [-0.1, -0.05) is 12.1 Å². The highest BCUT2D eigenvalue weighted by Gasteiger charge is 2.25. The summed E-state index contributed by atoms with van der Waals surface area (Å²) in [6, 6.07) is 7.14. The van der Waals surface area contributed by atoms with E-state index in [9.17, 15) is 9.59 Å². The zero-order chi connectivity index (χ0) is 18.3. The molecule has 0 aliphatic heterocycles. The number of hydrogen-bond acceptors (Lipinski definition) is 4. The molecule has 0 saturated carbocycles. The summed E-state index contributed by atoms with van der Waals surface area (Å²) in [6.45, 7) is 1.72. The van der Waals surface area contributed by atoms with Crippen LogP contribution in [0.3, 0.4) is 0 Å². The topological polar surface area (TPSA) is 81.8 Å². The molecule has 1 amide bonds. The van der Waals surface area contributed by atoms with Crippen LogP contribution < -0.4 is 10.9 Å². The smallest absolute Gasteiger partial charge is 0.261 e. The summed E-state index contributed by atoms with van der Waals surface area (Å²) in [6.07, 6.45) is 4.70. The number of carbonyl (C=O) groups is 1. The molecule has 0 radical (unpaired) electrons. The normalized spacial score (nSPS) is 16.5. The van der Waals surface area contributed by atoms with Gasteiger partial charge in [-0.05, 0) is 38.3 Å². The van der Waals surface area contributed by atoms with E-state index in [1.54, 1.807) is 25.1 Å². The molecular weight excluding hydrogens is 330 g/mol. The molecule has 1 atom stereocenters. The number of rotatable bonds is 3. The lowest BCUT2D eigenvalue weighted by Crippen LogP contribution is -2.37. The molecule has 7 heteroatoms. The van der Waals surface area contributed by atoms with E-state index in [4.69, 9.17) is 0 Å². The summed E-state index contributed by atoms with van der Waals surface area (Å²) in [5.74, 6) is 0.351. The lowest BCUT2D eigenvalue weighted by atomic mass is 9.93. The van der Waals surface area contributed by atoms with E-state index in [0.29, 0.717) is 16.7 Å². The van der Waals surface area contributed by atoms with Gasteiger partial charge in [-0.2, -0.15) is 5.10 Å². The molecule has 0 saturated heterocycles. The lowest BCUT2D eigenvalue weighted by molar-refractivity contribution is -0.122. The van der Waals surface area contributed by atoms with Crippen LogP contribution in [0, 0.1) is 6.92 Å². The maximum absolute atomic E-state index is 12.7. The van der Waals surface area contributed by atoms with E-state index in [1.165, 1.54) is 10.3 Å². The average molecular weight is 351 g/mol. The van der Waals surface area contributed by atoms with Crippen molar-refractivity contribution >= 4 is 16.8 Å². The molecule has 1 N–H and O–H groups in total. The van der Waals surface area contributed by atoms with Crippen molar-refractivity contribution in [1.82, 2.24) is 24.6 Å². The van der Waals surface area contributed by atoms with Crippen molar-refractivity contribution in [1.29, 1.82) is 0 Å². The van der Waals surface area contributed by atoms with Crippen molar-refractivity contribution in [3.8, 4) is 0 Å². The standard InChI is InChI=1S/C19H21N5O2/c1-12-21-15-7-4-3-6-13(15)19(26)24(12)11-18(25)22-16-8-5-9-17-14(16)10-20-23(17)2/h3-4,6-7,10,16H,5,8-9,11H2,1-2H3,(H,22,25). The highest BCUT2D eigenvalue weighted by Crippen LogP contribution is 2.29. The predicted octanol–water partition coefficient (Wildman–Crippen LogP) is 1.63. The third-order valence-corrected chi connectivity index (χ3v) is 5.07. The minimum absolute atomic E-state index is 0.0331. The minimum Gasteiger partial charge on any atom is -0.348 e. The van der Waals surface area contributed by atoms with Crippen molar-refractivity contribution < 1.29 is 4.79 Å².